The predicted octanol–water partition coefficient (Wildman–Crippen LogP) is 3.56. The van der Waals surface area contributed by atoms with Gasteiger partial charge >= 0.3 is 0 Å². The number of nitrogens with one attached hydrogen (secondary N) is 1. The van der Waals surface area contributed by atoms with Crippen LogP contribution in [0.25, 0.3) is 5.57 Å². The van der Waals surface area contributed by atoms with Crippen LogP contribution >= 0.6 is 0 Å². The number of rotatable bonds is 5. The molecule has 1 aromatic rings. The van der Waals surface area contributed by atoms with E-state index in [0.717, 1.165) is 16.8 Å². The smallest absolute Gasteiger partial charge is 0.180 e. The first-order valence-electron chi connectivity index (χ1n) is 6.21. The van der Waals surface area contributed by atoms with Crippen LogP contribution in [-0.4, -0.2) is 11.8 Å². The van der Waals surface area contributed by atoms with Crippen LogP contribution in [0.3, 0.4) is 0 Å². The highest BCUT2D eigenvalue weighted by molar-refractivity contribution is 6.04. The topological polar surface area (TPSA) is 29.1 Å². The fourth-order valence-corrected chi connectivity index (χ4v) is 1.75. The van der Waals surface area contributed by atoms with E-state index in [1.54, 1.807) is 12.2 Å². The molecule has 18 heavy (non-hydrogen) atoms. The fraction of sp³-hybridized carbons (Fsp3) is 0.312. The van der Waals surface area contributed by atoms with E-state index < -0.39 is 0 Å². The van der Waals surface area contributed by atoms with E-state index in [2.05, 4.69) is 5.32 Å². The summed E-state index contributed by atoms with van der Waals surface area (Å²) in [6, 6.07) is 10.3. The molecule has 0 heterocycles. The van der Waals surface area contributed by atoms with Gasteiger partial charge in [-0.3, -0.25) is 4.79 Å². The van der Waals surface area contributed by atoms with Gasteiger partial charge in [0.1, 0.15) is 0 Å². The lowest BCUT2D eigenvalue weighted by Gasteiger charge is -2.09. The van der Waals surface area contributed by atoms with Crippen molar-refractivity contribution in [2.24, 2.45) is 0 Å². The second-order valence-electron chi connectivity index (χ2n) is 4.72. The number of allylic oxidation sites excluding steroid dienone is 4. The number of hydrogen-bond acceptors (Lipinski definition) is 2. The first-order chi connectivity index (χ1) is 8.49. The van der Waals surface area contributed by atoms with Gasteiger partial charge in [0.2, 0.25) is 0 Å². The minimum absolute atomic E-state index is 0.0157. The molecule has 96 valence electrons. The Labute approximate surface area is 109 Å². The number of hydrogen-bond donors (Lipinski definition) is 1. The fourth-order valence-electron chi connectivity index (χ4n) is 1.75. The Morgan fingerprint density at radius 2 is 1.72 bits per heavy atom. The van der Waals surface area contributed by atoms with E-state index in [1.807, 2.05) is 58.0 Å². The Morgan fingerprint density at radius 3 is 2.28 bits per heavy atom. The van der Waals surface area contributed by atoms with Crippen LogP contribution < -0.4 is 5.32 Å². The molecule has 2 heteroatoms. The van der Waals surface area contributed by atoms with E-state index >= 15 is 0 Å². The summed E-state index contributed by atoms with van der Waals surface area (Å²) >= 11 is 0. The van der Waals surface area contributed by atoms with Crippen LogP contribution in [0, 0.1) is 0 Å². The molecule has 2 nitrogen and oxygen atoms in total. The second-order valence-corrected chi connectivity index (χ2v) is 4.72. The molecule has 1 aromatic carbocycles. The van der Waals surface area contributed by atoms with Crippen molar-refractivity contribution < 1.29 is 4.79 Å². The van der Waals surface area contributed by atoms with E-state index in [0.29, 0.717) is 6.04 Å². The summed E-state index contributed by atoms with van der Waals surface area (Å²) in [5, 5.41) is 3.20. The van der Waals surface area contributed by atoms with Gasteiger partial charge in [0, 0.05) is 17.8 Å². The van der Waals surface area contributed by atoms with Crippen LogP contribution in [0.5, 0.6) is 0 Å². The maximum absolute atomic E-state index is 11.8. The third-order valence-electron chi connectivity index (χ3n) is 2.46. The Hall–Kier alpha value is -1.83. The molecule has 0 saturated heterocycles. The van der Waals surface area contributed by atoms with Crippen LogP contribution in [0.4, 0.5) is 0 Å². The predicted molar refractivity (Wildman–Crippen MR) is 77.1 cm³/mol. The zero-order chi connectivity index (χ0) is 13.5. The van der Waals surface area contributed by atoms with Crippen molar-refractivity contribution in [1.29, 1.82) is 0 Å². The molecule has 0 aliphatic heterocycles. The molecular weight excluding hydrogens is 222 g/mol. The van der Waals surface area contributed by atoms with Gasteiger partial charge in [-0.2, -0.15) is 0 Å². The van der Waals surface area contributed by atoms with E-state index in [9.17, 15) is 4.79 Å². The van der Waals surface area contributed by atoms with Crippen LogP contribution in [0.2, 0.25) is 0 Å². The molecule has 0 amide bonds. The van der Waals surface area contributed by atoms with E-state index in [-0.39, 0.29) is 5.78 Å². The summed E-state index contributed by atoms with van der Waals surface area (Å²) in [5.74, 6) is 0.0157. The summed E-state index contributed by atoms with van der Waals surface area (Å²) in [6.45, 7) is 7.95. The minimum Gasteiger partial charge on any atom is -0.386 e. The van der Waals surface area contributed by atoms with Crippen molar-refractivity contribution in [2.75, 3.05) is 0 Å². The summed E-state index contributed by atoms with van der Waals surface area (Å²) < 4.78 is 0. The second kappa shape index (κ2) is 6.80. The summed E-state index contributed by atoms with van der Waals surface area (Å²) in [4.78, 5) is 11.8. The van der Waals surface area contributed by atoms with E-state index in [4.69, 9.17) is 0 Å². The third-order valence-corrected chi connectivity index (χ3v) is 2.46. The molecule has 0 spiro atoms. The van der Waals surface area contributed by atoms with Crippen LogP contribution in [-0.2, 0) is 4.79 Å². The monoisotopic (exact) mass is 243 g/mol. The standard InChI is InChI=1S/C16H21NO/c1-12(2)17-14(4)11-16(18)10-13(3)15-8-6-5-7-9-15/h5-12,17H,1-4H3/b13-10-,14-11-. The van der Waals surface area contributed by atoms with Crippen LogP contribution in [0.1, 0.15) is 33.3 Å². The number of carbonyl (C=O) groups excluding carboxylic acids is 1. The van der Waals surface area contributed by atoms with Crippen molar-refractivity contribution in [1.82, 2.24) is 5.32 Å². The summed E-state index contributed by atoms with van der Waals surface area (Å²) in [7, 11) is 0. The average Bonchev–Trinajstić information content (AvgIpc) is 2.28. The Balaban J connectivity index is 2.75. The molecule has 0 fully saturated rings. The van der Waals surface area contributed by atoms with Crippen molar-refractivity contribution in [3.05, 3.63) is 53.7 Å². The maximum Gasteiger partial charge on any atom is 0.180 e. The molecule has 0 aromatic heterocycles. The largest absolute Gasteiger partial charge is 0.386 e. The van der Waals surface area contributed by atoms with E-state index in [1.165, 1.54) is 0 Å². The lowest BCUT2D eigenvalue weighted by Crippen LogP contribution is -2.20. The number of benzene rings is 1. The highest BCUT2D eigenvalue weighted by atomic mass is 16.1. The lowest BCUT2D eigenvalue weighted by atomic mass is 10.1. The summed E-state index contributed by atoms with van der Waals surface area (Å²) in [5.41, 5.74) is 2.95. The van der Waals surface area contributed by atoms with Crippen molar-refractivity contribution >= 4 is 11.4 Å². The lowest BCUT2D eigenvalue weighted by molar-refractivity contribution is -0.110. The zero-order valence-corrected chi connectivity index (χ0v) is 11.5. The normalized spacial score (nSPS) is 12.7. The molecule has 0 atom stereocenters. The quantitative estimate of drug-likeness (QED) is 0.801. The SMILES string of the molecule is C/C(=C/C(=O)/C=C(/C)c1ccccc1)NC(C)C. The van der Waals surface area contributed by atoms with Gasteiger partial charge in [0.05, 0.1) is 0 Å². The highest BCUT2D eigenvalue weighted by Crippen LogP contribution is 2.12. The first-order valence-corrected chi connectivity index (χ1v) is 6.21. The molecule has 1 rings (SSSR count). The summed E-state index contributed by atoms with van der Waals surface area (Å²) in [6.07, 6.45) is 3.30. The number of ketones is 1. The van der Waals surface area contributed by atoms with Gasteiger partial charge in [0.25, 0.3) is 0 Å². The van der Waals surface area contributed by atoms with Gasteiger partial charge in [-0.1, -0.05) is 30.3 Å². The highest BCUT2D eigenvalue weighted by Gasteiger charge is 1.99. The van der Waals surface area contributed by atoms with Gasteiger partial charge in [-0.05, 0) is 44.9 Å². The third kappa shape index (κ3) is 5.00. The maximum atomic E-state index is 11.8. The van der Waals surface area contributed by atoms with Gasteiger partial charge in [0.15, 0.2) is 5.78 Å². The van der Waals surface area contributed by atoms with Gasteiger partial charge in [-0.25, -0.2) is 0 Å². The van der Waals surface area contributed by atoms with Crippen molar-refractivity contribution in [3.63, 3.8) is 0 Å². The molecule has 0 aliphatic carbocycles. The molecule has 0 bridgehead atoms. The Bertz CT molecular complexity index is 455. The van der Waals surface area contributed by atoms with Crippen molar-refractivity contribution in [3.8, 4) is 0 Å². The zero-order valence-electron chi connectivity index (χ0n) is 11.5. The Kier molecular flexibility index (Phi) is 5.37. The minimum atomic E-state index is 0.0157. The van der Waals surface area contributed by atoms with Gasteiger partial charge < -0.3 is 5.32 Å². The molecule has 0 radical (unpaired) electrons. The molecule has 0 unspecified atom stereocenters. The Morgan fingerprint density at radius 1 is 1.11 bits per heavy atom. The molecular formula is C16H21NO. The van der Waals surface area contributed by atoms with Crippen LogP contribution in [0.15, 0.2) is 48.2 Å². The molecule has 1 N–H and O–H groups in total. The van der Waals surface area contributed by atoms with Gasteiger partial charge in [-0.15, -0.1) is 0 Å². The van der Waals surface area contributed by atoms with Crippen molar-refractivity contribution in [2.45, 2.75) is 33.7 Å². The number of carbonyl (C=O) groups is 1. The molecule has 0 saturated carbocycles. The first kappa shape index (κ1) is 14.2. The molecule has 0 aliphatic rings. The average molecular weight is 243 g/mol.